The number of hydrogen-bond acceptors (Lipinski definition) is 6. The van der Waals surface area contributed by atoms with Crippen molar-refractivity contribution in [3.05, 3.63) is 81.5 Å². The Labute approximate surface area is 236 Å². The van der Waals surface area contributed by atoms with Crippen LogP contribution in [-0.4, -0.2) is 65.2 Å². The third-order valence-electron chi connectivity index (χ3n) is 6.32. The second-order valence-corrected chi connectivity index (χ2v) is 10.4. The molecule has 1 fully saturated rings. The molecule has 1 aliphatic heterocycles. The van der Waals surface area contributed by atoms with Crippen LogP contribution in [0.4, 0.5) is 24.7 Å². The van der Waals surface area contributed by atoms with Crippen LogP contribution in [0.2, 0.25) is 5.02 Å². The number of nitrogens with zero attached hydrogens (tertiary/aromatic N) is 4. The highest BCUT2D eigenvalue weighted by Gasteiger charge is 2.34. The number of rotatable bonds is 6. The summed E-state index contributed by atoms with van der Waals surface area (Å²) in [6.45, 7) is 7.16. The van der Waals surface area contributed by atoms with E-state index in [-0.39, 0.29) is 29.4 Å². The summed E-state index contributed by atoms with van der Waals surface area (Å²) in [5.74, 6) is 5.79. The van der Waals surface area contributed by atoms with Gasteiger partial charge in [0.25, 0.3) is 5.91 Å². The fraction of sp³-hybridized carbons (Fsp3) is 0.345. The molecule has 11 heteroatoms. The van der Waals surface area contributed by atoms with Crippen LogP contribution in [0.5, 0.6) is 0 Å². The van der Waals surface area contributed by atoms with Gasteiger partial charge in [-0.2, -0.15) is 13.2 Å². The van der Waals surface area contributed by atoms with E-state index < -0.39 is 17.6 Å². The Morgan fingerprint density at radius 3 is 2.42 bits per heavy atom. The zero-order valence-electron chi connectivity index (χ0n) is 22.4. The number of anilines is 2. The average molecular weight is 571 g/mol. The number of halogens is 4. The molecule has 2 heterocycles. The first-order valence-corrected chi connectivity index (χ1v) is 13.2. The minimum atomic E-state index is -4.56. The molecule has 40 heavy (non-hydrogen) atoms. The van der Waals surface area contributed by atoms with E-state index in [4.69, 9.17) is 11.6 Å². The van der Waals surface area contributed by atoms with Crippen molar-refractivity contribution in [1.82, 2.24) is 20.0 Å². The molecule has 1 amide bonds. The molecule has 0 aliphatic carbocycles. The molecule has 7 nitrogen and oxygen atoms in total. The second-order valence-electron chi connectivity index (χ2n) is 9.95. The summed E-state index contributed by atoms with van der Waals surface area (Å²) in [5, 5.41) is 14.2. The molecule has 0 spiro atoms. The van der Waals surface area contributed by atoms with Gasteiger partial charge in [-0.05, 0) is 74.8 Å². The lowest BCUT2D eigenvalue weighted by Crippen LogP contribution is -2.44. The van der Waals surface area contributed by atoms with Gasteiger partial charge < -0.3 is 15.5 Å². The van der Waals surface area contributed by atoms with Gasteiger partial charge in [0.05, 0.1) is 10.6 Å². The van der Waals surface area contributed by atoms with E-state index in [2.05, 4.69) is 37.6 Å². The lowest BCUT2D eigenvalue weighted by atomic mass is 10.0. The molecule has 1 aliphatic rings. The minimum absolute atomic E-state index is 0.0485. The normalized spacial score (nSPS) is 14.5. The Balaban J connectivity index is 1.49. The van der Waals surface area contributed by atoms with Gasteiger partial charge >= 0.3 is 6.18 Å². The Morgan fingerprint density at radius 2 is 1.77 bits per heavy atom. The number of likely N-dealkylation sites (N-methyl/N-ethyl adjacent to an activating group) is 1. The Morgan fingerprint density at radius 1 is 1.02 bits per heavy atom. The molecule has 1 saturated heterocycles. The zero-order valence-corrected chi connectivity index (χ0v) is 23.2. The number of amides is 1. The predicted octanol–water partition coefficient (Wildman–Crippen LogP) is 5.37. The summed E-state index contributed by atoms with van der Waals surface area (Å²) in [4.78, 5) is 17.1. The highest BCUT2D eigenvalue weighted by Crippen LogP contribution is 2.35. The van der Waals surface area contributed by atoms with Crippen LogP contribution in [-0.2, 0) is 12.7 Å². The molecule has 0 radical (unpaired) electrons. The van der Waals surface area contributed by atoms with E-state index in [1.807, 2.05) is 25.8 Å². The lowest BCUT2D eigenvalue weighted by Gasteiger charge is -2.33. The first-order chi connectivity index (χ1) is 19.0. The second kappa shape index (κ2) is 12.7. The molecular weight excluding hydrogens is 541 g/mol. The topological polar surface area (TPSA) is 73.4 Å². The summed E-state index contributed by atoms with van der Waals surface area (Å²) >= 11 is 6.27. The molecule has 0 bridgehead atoms. The van der Waals surface area contributed by atoms with Crippen molar-refractivity contribution >= 4 is 29.0 Å². The van der Waals surface area contributed by atoms with E-state index in [1.165, 1.54) is 30.3 Å². The van der Waals surface area contributed by atoms with Crippen LogP contribution in [0.25, 0.3) is 0 Å². The van der Waals surface area contributed by atoms with Crippen molar-refractivity contribution in [3.8, 4) is 11.8 Å². The van der Waals surface area contributed by atoms with Crippen molar-refractivity contribution in [2.24, 2.45) is 0 Å². The van der Waals surface area contributed by atoms with Crippen LogP contribution >= 0.6 is 11.6 Å². The van der Waals surface area contributed by atoms with E-state index in [1.54, 1.807) is 12.1 Å². The first-order valence-electron chi connectivity index (χ1n) is 12.8. The number of benzene rings is 2. The van der Waals surface area contributed by atoms with Gasteiger partial charge in [0.2, 0.25) is 0 Å². The number of hydrogen-bond donors (Lipinski definition) is 2. The zero-order chi connectivity index (χ0) is 28.9. The van der Waals surface area contributed by atoms with Crippen molar-refractivity contribution in [1.29, 1.82) is 0 Å². The third kappa shape index (κ3) is 7.94. The van der Waals surface area contributed by atoms with Crippen LogP contribution in [0.15, 0.2) is 48.5 Å². The smallest absolute Gasteiger partial charge is 0.366 e. The molecule has 0 saturated carbocycles. The fourth-order valence-corrected chi connectivity index (χ4v) is 4.34. The van der Waals surface area contributed by atoms with Gasteiger partial charge in [0.15, 0.2) is 0 Å². The van der Waals surface area contributed by atoms with E-state index in [0.29, 0.717) is 35.2 Å². The number of nitrogens with one attached hydrogen (secondary N) is 2. The number of carbonyl (C=O) groups excluding carboxylic acids is 1. The number of aromatic nitrogens is 2. The SMILES string of the molecule is CC(C)Nc1ccc(C#Cc2cc(C(=O)Nc3ccc(CN4CCN(C)CC4)c(C(F)(F)F)c3)ccc2Cl)nn1. The van der Waals surface area contributed by atoms with Crippen LogP contribution in [0, 0.1) is 11.8 Å². The van der Waals surface area contributed by atoms with Crippen molar-refractivity contribution in [2.75, 3.05) is 43.9 Å². The van der Waals surface area contributed by atoms with Gasteiger partial charge in [-0.25, -0.2) is 0 Å². The molecule has 2 aromatic carbocycles. The highest BCUT2D eigenvalue weighted by molar-refractivity contribution is 6.32. The summed E-state index contributed by atoms with van der Waals surface area (Å²) in [6.07, 6.45) is -4.56. The summed E-state index contributed by atoms with van der Waals surface area (Å²) in [5.41, 5.74) is 0.451. The van der Waals surface area contributed by atoms with Gasteiger partial charge in [0.1, 0.15) is 11.5 Å². The maximum atomic E-state index is 13.9. The summed E-state index contributed by atoms with van der Waals surface area (Å²) in [6, 6.07) is 12.1. The van der Waals surface area contributed by atoms with Crippen LogP contribution in [0.3, 0.4) is 0 Å². The lowest BCUT2D eigenvalue weighted by molar-refractivity contribution is -0.138. The standard InChI is InChI=1S/C29H30ClF3N6O/c1-19(2)34-27-11-9-23(36-37-27)7-4-20-16-21(6-10-26(20)30)28(40)35-24-8-5-22(25(17-24)29(31,32)33)18-39-14-12-38(3)13-15-39/h5-6,8-11,16-17,19H,12-15,18H2,1-3H3,(H,34,37)(H,35,40). The molecule has 0 unspecified atom stereocenters. The Bertz CT molecular complexity index is 1410. The van der Waals surface area contributed by atoms with Gasteiger partial charge in [-0.3, -0.25) is 9.69 Å². The number of alkyl halides is 3. The van der Waals surface area contributed by atoms with Crippen LogP contribution < -0.4 is 10.6 Å². The molecule has 210 valence electrons. The molecule has 4 rings (SSSR count). The largest absolute Gasteiger partial charge is 0.416 e. The number of piperazine rings is 1. The van der Waals surface area contributed by atoms with Gasteiger partial charge in [0, 0.05) is 55.6 Å². The van der Waals surface area contributed by atoms with Gasteiger partial charge in [-0.15, -0.1) is 10.2 Å². The van der Waals surface area contributed by atoms with Crippen molar-refractivity contribution in [2.45, 2.75) is 32.6 Å². The van der Waals surface area contributed by atoms with E-state index in [9.17, 15) is 18.0 Å². The maximum Gasteiger partial charge on any atom is 0.416 e. The Hall–Kier alpha value is -3.65. The van der Waals surface area contributed by atoms with Crippen molar-refractivity contribution in [3.63, 3.8) is 0 Å². The fourth-order valence-electron chi connectivity index (χ4n) is 4.17. The average Bonchev–Trinajstić information content (AvgIpc) is 2.90. The first kappa shape index (κ1) is 29.3. The molecule has 1 aromatic heterocycles. The predicted molar refractivity (Wildman–Crippen MR) is 150 cm³/mol. The van der Waals surface area contributed by atoms with Gasteiger partial charge in [-0.1, -0.05) is 23.6 Å². The van der Waals surface area contributed by atoms with Crippen molar-refractivity contribution < 1.29 is 18.0 Å². The molecule has 3 aromatic rings. The summed E-state index contributed by atoms with van der Waals surface area (Å²) in [7, 11) is 1.99. The molecule has 0 atom stereocenters. The molecule has 2 N–H and O–H groups in total. The Kier molecular flexibility index (Phi) is 9.30. The monoisotopic (exact) mass is 570 g/mol. The summed E-state index contributed by atoms with van der Waals surface area (Å²) < 4.78 is 41.8. The number of carbonyl (C=O) groups is 1. The van der Waals surface area contributed by atoms with E-state index in [0.717, 1.165) is 19.2 Å². The van der Waals surface area contributed by atoms with E-state index >= 15 is 0 Å². The highest BCUT2D eigenvalue weighted by atomic mass is 35.5. The van der Waals surface area contributed by atoms with Crippen LogP contribution in [0.1, 0.15) is 46.6 Å². The molecular formula is C29H30ClF3N6O. The third-order valence-corrected chi connectivity index (χ3v) is 6.65. The maximum absolute atomic E-state index is 13.9. The minimum Gasteiger partial charge on any atom is -0.366 e. The quantitative estimate of drug-likeness (QED) is 0.388.